The number of hydrogen-bond acceptors (Lipinski definition) is 2. The number of aromatic nitrogens is 1. The molecule has 1 aromatic heterocycles. The average Bonchev–Trinajstić information content (AvgIpc) is 2.64. The van der Waals surface area contributed by atoms with Crippen molar-refractivity contribution < 1.29 is 35.3 Å². The van der Waals surface area contributed by atoms with E-state index in [2.05, 4.69) is 0 Å². The summed E-state index contributed by atoms with van der Waals surface area (Å²) in [6, 6.07) is 6.23. The molecule has 0 amide bonds. The van der Waals surface area contributed by atoms with Crippen molar-refractivity contribution in [2.75, 3.05) is 0 Å². The fourth-order valence-corrected chi connectivity index (χ4v) is 3.93. The third-order valence-corrected chi connectivity index (χ3v) is 5.36. The second kappa shape index (κ2) is 5.01. The minimum Gasteiger partial charge on any atom is -0.211 e. The van der Waals surface area contributed by atoms with Crippen LogP contribution < -0.4 is 4.57 Å². The topological polar surface area (TPSA) is 3.88 Å². The van der Waals surface area contributed by atoms with Crippen LogP contribution in [0, 0.1) is 0 Å². The Labute approximate surface area is 122 Å². The number of benzene rings is 1. The van der Waals surface area contributed by atoms with Crippen LogP contribution in [0.5, 0.6) is 0 Å². The summed E-state index contributed by atoms with van der Waals surface area (Å²) >= 11 is -0.209. The van der Waals surface area contributed by atoms with E-state index in [4.69, 9.17) is 0 Å². The molecule has 116 valence electrons. The van der Waals surface area contributed by atoms with Crippen LogP contribution in [0.2, 0.25) is 0 Å². The summed E-state index contributed by atoms with van der Waals surface area (Å²) in [5, 5.41) is -5.35. The Kier molecular flexibility index (Phi) is 3.90. The Morgan fingerprint density at radius 3 is 1.95 bits per heavy atom. The molecule has 0 N–H and O–H groups in total. The van der Waals surface area contributed by atoms with Crippen LogP contribution in [-0.4, -0.2) is 17.4 Å². The van der Waals surface area contributed by atoms with Crippen LogP contribution in [0.15, 0.2) is 28.6 Å². The van der Waals surface area contributed by atoms with Gasteiger partial charge in [-0.1, -0.05) is 23.5 Å². The quantitative estimate of drug-likeness (QED) is 0.435. The van der Waals surface area contributed by atoms with E-state index in [0.29, 0.717) is 21.6 Å². The monoisotopic (exact) mass is 350 g/mol. The molecule has 21 heavy (non-hydrogen) atoms. The van der Waals surface area contributed by atoms with E-state index in [-0.39, 0.29) is 0 Å². The van der Waals surface area contributed by atoms with Crippen molar-refractivity contribution in [1.29, 1.82) is 0 Å². The number of nitrogens with zero attached hydrogens (tertiary/aromatic N) is 1. The summed E-state index contributed by atoms with van der Waals surface area (Å²) in [5.74, 6) is 0. The third-order valence-electron chi connectivity index (χ3n) is 2.65. The van der Waals surface area contributed by atoms with Gasteiger partial charge in [-0.05, 0) is 6.07 Å². The molecule has 0 saturated carbocycles. The van der Waals surface area contributed by atoms with Gasteiger partial charge in [0.25, 0.3) is 0 Å². The molecule has 10 heteroatoms. The van der Waals surface area contributed by atoms with E-state index in [1.54, 1.807) is 12.1 Å². The number of halogens is 7. The van der Waals surface area contributed by atoms with Gasteiger partial charge in [-0.2, -0.15) is 30.9 Å². The molecule has 0 spiro atoms. The van der Waals surface area contributed by atoms with E-state index in [1.165, 1.54) is 19.2 Å². The molecule has 2 rings (SSSR count). The van der Waals surface area contributed by atoms with Gasteiger partial charge in [0.1, 0.15) is 11.7 Å². The highest BCUT2D eigenvalue weighted by molar-refractivity contribution is 8.02. The zero-order chi connectivity index (χ0) is 16.1. The van der Waals surface area contributed by atoms with Gasteiger partial charge in [0, 0.05) is 17.8 Å². The molecule has 0 aliphatic carbocycles. The first-order valence-corrected chi connectivity index (χ1v) is 6.99. The summed E-state index contributed by atoms with van der Waals surface area (Å²) in [6.45, 7) is 0. The largest absolute Gasteiger partial charge is 0.442 e. The molecule has 2 aromatic rings. The van der Waals surface area contributed by atoms with Gasteiger partial charge in [0.2, 0.25) is 5.52 Å². The molecular formula is C11H7F7NS2+. The Morgan fingerprint density at radius 1 is 0.952 bits per heavy atom. The average molecular weight is 350 g/mol. The summed E-state index contributed by atoms with van der Waals surface area (Å²) in [6.07, 6.45) is -12.1. The molecule has 0 fully saturated rings. The second-order valence-corrected chi connectivity index (χ2v) is 6.53. The lowest BCUT2D eigenvalue weighted by atomic mass is 10.3. The van der Waals surface area contributed by atoms with E-state index in [9.17, 15) is 30.7 Å². The van der Waals surface area contributed by atoms with Gasteiger partial charge in [0.15, 0.2) is 0 Å². The van der Waals surface area contributed by atoms with Crippen LogP contribution in [0.3, 0.4) is 0 Å². The maximum atomic E-state index is 13.7. The lowest BCUT2D eigenvalue weighted by molar-refractivity contribution is -0.677. The summed E-state index contributed by atoms with van der Waals surface area (Å²) < 4.78 is 90.2. The normalized spacial score (nSPS) is 13.9. The first kappa shape index (κ1) is 16.3. The van der Waals surface area contributed by atoms with E-state index in [1.807, 2.05) is 0 Å². The highest BCUT2D eigenvalue weighted by Gasteiger charge is 2.74. The zero-order valence-corrected chi connectivity index (χ0v) is 11.9. The molecule has 0 unspecified atom stereocenters. The van der Waals surface area contributed by atoms with Crippen molar-refractivity contribution in [1.82, 2.24) is 0 Å². The maximum absolute atomic E-state index is 13.7. The third kappa shape index (κ3) is 2.70. The lowest BCUT2D eigenvalue weighted by Gasteiger charge is -2.27. The van der Waals surface area contributed by atoms with Crippen molar-refractivity contribution >= 4 is 33.3 Å². The number of alkyl halides is 7. The molecule has 0 radical (unpaired) electrons. The molecule has 1 heterocycles. The Morgan fingerprint density at radius 2 is 1.48 bits per heavy atom. The SMILES string of the molecule is C[n+]1c(SC(F)(C(F)(F)F)C(F)(F)F)sc2ccccc21. The predicted octanol–water partition coefficient (Wildman–Crippen LogP) is 4.61. The van der Waals surface area contributed by atoms with Gasteiger partial charge in [-0.3, -0.25) is 0 Å². The number of fused-ring (bicyclic) bond motifs is 1. The standard InChI is InChI=1S/C11H7F7NS2/c1-19-6-4-2-3-5-7(6)20-8(19)21-9(12,10(13,14)15)11(16,17)18/h2-5H,1H3/q+1. The number of thioether (sulfide) groups is 1. The summed E-state index contributed by atoms with van der Waals surface area (Å²) in [4.78, 5) is 0. The van der Waals surface area contributed by atoms with Crippen molar-refractivity contribution in [2.24, 2.45) is 7.05 Å². The van der Waals surface area contributed by atoms with Gasteiger partial charge >= 0.3 is 21.7 Å². The summed E-state index contributed by atoms with van der Waals surface area (Å²) in [7, 11) is 1.29. The van der Waals surface area contributed by atoms with Crippen LogP contribution in [-0.2, 0) is 7.05 Å². The number of para-hydroxylation sites is 1. The molecule has 1 aromatic carbocycles. The Balaban J connectivity index is 2.52. The molecule has 0 atom stereocenters. The number of hydrogen-bond donors (Lipinski definition) is 0. The van der Waals surface area contributed by atoms with Gasteiger partial charge in [0.05, 0.1) is 0 Å². The smallest absolute Gasteiger partial charge is 0.211 e. The van der Waals surface area contributed by atoms with Crippen molar-refractivity contribution in [3.63, 3.8) is 0 Å². The van der Waals surface area contributed by atoms with E-state index in [0.717, 1.165) is 4.57 Å². The van der Waals surface area contributed by atoms with Crippen LogP contribution in [0.4, 0.5) is 30.7 Å². The predicted molar refractivity (Wildman–Crippen MR) is 64.8 cm³/mol. The molecule has 0 aliphatic rings. The van der Waals surface area contributed by atoms with Crippen molar-refractivity contribution in [2.45, 2.75) is 21.7 Å². The van der Waals surface area contributed by atoms with E-state index >= 15 is 0 Å². The lowest BCUT2D eigenvalue weighted by Crippen LogP contribution is -2.51. The van der Waals surface area contributed by atoms with Crippen LogP contribution in [0.25, 0.3) is 10.2 Å². The first-order valence-electron chi connectivity index (χ1n) is 5.36. The number of rotatable bonds is 2. The fraction of sp³-hybridized carbons (Fsp3) is 0.364. The Bertz CT molecular complexity index is 645. The van der Waals surface area contributed by atoms with Gasteiger partial charge in [-0.25, -0.2) is 4.39 Å². The summed E-state index contributed by atoms with van der Waals surface area (Å²) in [5.41, 5.74) is 0.427. The molecule has 0 saturated heterocycles. The second-order valence-electron chi connectivity index (χ2n) is 4.09. The zero-order valence-electron chi connectivity index (χ0n) is 10.2. The maximum Gasteiger partial charge on any atom is 0.442 e. The first-order chi connectivity index (χ1) is 9.47. The number of thiazole rings is 1. The van der Waals surface area contributed by atoms with E-state index < -0.39 is 33.5 Å². The van der Waals surface area contributed by atoms with Crippen LogP contribution in [0.1, 0.15) is 0 Å². The molecule has 1 nitrogen and oxygen atoms in total. The minimum absolute atomic E-state index is 0.423. The molecular weight excluding hydrogens is 343 g/mol. The van der Waals surface area contributed by atoms with Crippen molar-refractivity contribution in [3.8, 4) is 0 Å². The highest BCUT2D eigenvalue weighted by Crippen LogP contribution is 2.55. The van der Waals surface area contributed by atoms with Gasteiger partial charge in [-0.15, -0.1) is 0 Å². The molecule has 0 bridgehead atoms. The highest BCUT2D eigenvalue weighted by atomic mass is 32.2. The molecule has 0 aliphatic heterocycles. The minimum atomic E-state index is -6.07. The van der Waals surface area contributed by atoms with Crippen LogP contribution >= 0.6 is 23.1 Å². The Hall–Kier alpha value is -1.03. The number of aryl methyl sites for hydroxylation is 1. The van der Waals surface area contributed by atoms with Crippen molar-refractivity contribution in [3.05, 3.63) is 24.3 Å². The fourth-order valence-electron chi connectivity index (χ4n) is 1.57. The van der Waals surface area contributed by atoms with Gasteiger partial charge < -0.3 is 0 Å².